The first-order valence-electron chi connectivity index (χ1n) is 7.05. The Labute approximate surface area is 113 Å². The molecule has 1 aromatic carbocycles. The Morgan fingerprint density at radius 2 is 1.95 bits per heavy atom. The SMILES string of the molecule is CC(CN1CCCCC1)NCc1cc(F)ccc1F. The number of nitrogens with one attached hydrogen (secondary N) is 1. The molecular weight excluding hydrogens is 246 g/mol. The normalized spacial score (nSPS) is 18.5. The summed E-state index contributed by atoms with van der Waals surface area (Å²) in [5.74, 6) is -0.735. The van der Waals surface area contributed by atoms with Gasteiger partial charge in [0.1, 0.15) is 11.6 Å². The Hall–Kier alpha value is -1.00. The maximum atomic E-state index is 13.5. The van der Waals surface area contributed by atoms with Gasteiger partial charge in [-0.25, -0.2) is 8.78 Å². The average Bonchev–Trinajstić information content (AvgIpc) is 2.41. The molecule has 0 amide bonds. The second-order valence-electron chi connectivity index (χ2n) is 5.38. The lowest BCUT2D eigenvalue weighted by atomic mass is 10.1. The second-order valence-corrected chi connectivity index (χ2v) is 5.38. The number of halogens is 2. The van der Waals surface area contributed by atoms with Crippen molar-refractivity contribution in [1.29, 1.82) is 0 Å². The van der Waals surface area contributed by atoms with E-state index in [-0.39, 0.29) is 17.7 Å². The third kappa shape index (κ3) is 4.55. The van der Waals surface area contributed by atoms with Crippen molar-refractivity contribution in [2.75, 3.05) is 19.6 Å². The molecule has 1 atom stereocenters. The molecule has 0 aromatic heterocycles. The van der Waals surface area contributed by atoms with Crippen molar-refractivity contribution in [1.82, 2.24) is 10.2 Å². The van der Waals surface area contributed by atoms with E-state index in [1.165, 1.54) is 31.4 Å². The van der Waals surface area contributed by atoms with Crippen molar-refractivity contribution in [3.8, 4) is 0 Å². The first kappa shape index (κ1) is 14.4. The number of benzene rings is 1. The molecule has 0 spiro atoms. The maximum Gasteiger partial charge on any atom is 0.127 e. The Balaban J connectivity index is 1.79. The first-order valence-corrected chi connectivity index (χ1v) is 7.05. The minimum atomic E-state index is -0.387. The van der Waals surface area contributed by atoms with Crippen molar-refractivity contribution in [2.24, 2.45) is 0 Å². The lowest BCUT2D eigenvalue weighted by molar-refractivity contribution is 0.208. The van der Waals surface area contributed by atoms with Crippen molar-refractivity contribution in [3.63, 3.8) is 0 Å². The van der Waals surface area contributed by atoms with Crippen LogP contribution in [0.25, 0.3) is 0 Å². The van der Waals surface area contributed by atoms with E-state index in [0.717, 1.165) is 25.7 Å². The summed E-state index contributed by atoms with van der Waals surface area (Å²) in [7, 11) is 0. The Bertz CT molecular complexity index is 403. The molecule has 0 aliphatic carbocycles. The van der Waals surface area contributed by atoms with Crippen molar-refractivity contribution in [2.45, 2.75) is 38.8 Å². The van der Waals surface area contributed by atoms with Crippen LogP contribution >= 0.6 is 0 Å². The van der Waals surface area contributed by atoms with Crippen LogP contribution in [0.5, 0.6) is 0 Å². The molecule has 106 valence electrons. The smallest absolute Gasteiger partial charge is 0.127 e. The van der Waals surface area contributed by atoms with Crippen molar-refractivity contribution < 1.29 is 8.78 Å². The molecule has 2 rings (SSSR count). The lowest BCUT2D eigenvalue weighted by Crippen LogP contribution is -2.41. The summed E-state index contributed by atoms with van der Waals surface area (Å²) >= 11 is 0. The number of likely N-dealkylation sites (tertiary alicyclic amines) is 1. The number of nitrogens with zero attached hydrogens (tertiary/aromatic N) is 1. The molecule has 1 aliphatic heterocycles. The van der Waals surface area contributed by atoms with Crippen LogP contribution in [0.15, 0.2) is 18.2 Å². The third-order valence-electron chi connectivity index (χ3n) is 3.63. The van der Waals surface area contributed by atoms with Crippen molar-refractivity contribution >= 4 is 0 Å². The lowest BCUT2D eigenvalue weighted by Gasteiger charge is -2.29. The molecule has 1 unspecified atom stereocenters. The van der Waals surface area contributed by atoms with Gasteiger partial charge < -0.3 is 10.2 Å². The maximum absolute atomic E-state index is 13.5. The number of hydrogen-bond acceptors (Lipinski definition) is 2. The van der Waals surface area contributed by atoms with Gasteiger partial charge in [-0.15, -0.1) is 0 Å². The molecule has 1 heterocycles. The van der Waals surface area contributed by atoms with E-state index in [2.05, 4.69) is 17.1 Å². The molecule has 0 saturated carbocycles. The molecule has 0 radical (unpaired) electrons. The quantitative estimate of drug-likeness (QED) is 0.883. The summed E-state index contributed by atoms with van der Waals surface area (Å²) in [6.45, 7) is 5.74. The predicted octanol–water partition coefficient (Wildman–Crippen LogP) is 2.93. The topological polar surface area (TPSA) is 15.3 Å². The van der Waals surface area contributed by atoms with E-state index in [1.807, 2.05) is 0 Å². The van der Waals surface area contributed by atoms with E-state index in [4.69, 9.17) is 0 Å². The minimum Gasteiger partial charge on any atom is -0.309 e. The Kier molecular flexibility index (Phi) is 5.28. The molecule has 1 fully saturated rings. The van der Waals surface area contributed by atoms with Gasteiger partial charge in [0.15, 0.2) is 0 Å². The van der Waals surface area contributed by atoms with Gasteiger partial charge in [0.2, 0.25) is 0 Å². The molecule has 4 heteroatoms. The molecular formula is C15H22F2N2. The number of hydrogen-bond donors (Lipinski definition) is 1. The second kappa shape index (κ2) is 6.96. The van der Waals surface area contributed by atoms with Gasteiger partial charge in [0, 0.05) is 24.7 Å². The van der Waals surface area contributed by atoms with Crippen LogP contribution in [0.2, 0.25) is 0 Å². The highest BCUT2D eigenvalue weighted by atomic mass is 19.1. The zero-order valence-corrected chi connectivity index (χ0v) is 11.5. The van der Waals surface area contributed by atoms with Crippen LogP contribution < -0.4 is 5.32 Å². The molecule has 0 bridgehead atoms. The van der Waals surface area contributed by atoms with Gasteiger partial charge in [0.05, 0.1) is 0 Å². The summed E-state index contributed by atoms with van der Waals surface area (Å²) in [5.41, 5.74) is 0.394. The van der Waals surface area contributed by atoms with E-state index >= 15 is 0 Å². The fraction of sp³-hybridized carbons (Fsp3) is 0.600. The van der Waals surface area contributed by atoms with Crippen LogP contribution in [-0.2, 0) is 6.54 Å². The van der Waals surface area contributed by atoms with E-state index in [0.29, 0.717) is 12.1 Å². The highest BCUT2D eigenvalue weighted by Gasteiger charge is 2.13. The molecule has 1 N–H and O–H groups in total. The van der Waals surface area contributed by atoms with Gasteiger partial charge in [-0.05, 0) is 51.1 Å². The largest absolute Gasteiger partial charge is 0.309 e. The zero-order chi connectivity index (χ0) is 13.7. The number of piperidine rings is 1. The van der Waals surface area contributed by atoms with Gasteiger partial charge in [-0.3, -0.25) is 0 Å². The van der Waals surface area contributed by atoms with Gasteiger partial charge >= 0.3 is 0 Å². The van der Waals surface area contributed by atoms with E-state index in [1.54, 1.807) is 0 Å². The fourth-order valence-corrected chi connectivity index (χ4v) is 2.56. The van der Waals surface area contributed by atoms with Crippen LogP contribution in [0, 0.1) is 11.6 Å². The third-order valence-corrected chi connectivity index (χ3v) is 3.63. The van der Waals surface area contributed by atoms with E-state index < -0.39 is 0 Å². The molecule has 1 aliphatic rings. The summed E-state index contributed by atoms with van der Waals surface area (Å²) in [6, 6.07) is 3.87. The fourth-order valence-electron chi connectivity index (χ4n) is 2.56. The van der Waals surface area contributed by atoms with Crippen LogP contribution in [0.1, 0.15) is 31.7 Å². The Morgan fingerprint density at radius 1 is 1.21 bits per heavy atom. The zero-order valence-electron chi connectivity index (χ0n) is 11.5. The van der Waals surface area contributed by atoms with Gasteiger partial charge in [-0.1, -0.05) is 6.42 Å². The van der Waals surface area contributed by atoms with E-state index in [9.17, 15) is 8.78 Å². The Morgan fingerprint density at radius 3 is 2.68 bits per heavy atom. The monoisotopic (exact) mass is 268 g/mol. The standard InChI is InChI=1S/C15H22F2N2/c1-12(11-19-7-3-2-4-8-19)18-10-13-9-14(16)5-6-15(13)17/h5-6,9,12,18H,2-4,7-8,10-11H2,1H3. The molecule has 19 heavy (non-hydrogen) atoms. The summed E-state index contributed by atoms with van der Waals surface area (Å²) in [5, 5.41) is 3.27. The highest BCUT2D eigenvalue weighted by molar-refractivity contribution is 5.18. The molecule has 1 aromatic rings. The number of rotatable bonds is 5. The molecule has 1 saturated heterocycles. The highest BCUT2D eigenvalue weighted by Crippen LogP contribution is 2.11. The first-order chi connectivity index (χ1) is 9.15. The van der Waals surface area contributed by atoms with Crippen LogP contribution in [0.4, 0.5) is 8.78 Å². The summed E-state index contributed by atoms with van der Waals surface area (Å²) in [4.78, 5) is 2.43. The van der Waals surface area contributed by atoms with Crippen LogP contribution in [0.3, 0.4) is 0 Å². The summed E-state index contributed by atoms with van der Waals surface area (Å²) in [6.07, 6.45) is 3.86. The van der Waals surface area contributed by atoms with Crippen molar-refractivity contribution in [3.05, 3.63) is 35.4 Å². The average molecular weight is 268 g/mol. The predicted molar refractivity (Wildman–Crippen MR) is 73.0 cm³/mol. The molecule has 2 nitrogen and oxygen atoms in total. The summed E-state index contributed by atoms with van der Waals surface area (Å²) < 4.78 is 26.5. The van der Waals surface area contributed by atoms with Crippen LogP contribution in [-0.4, -0.2) is 30.6 Å². The van der Waals surface area contributed by atoms with Gasteiger partial charge in [-0.2, -0.15) is 0 Å². The minimum absolute atomic E-state index is 0.278. The van der Waals surface area contributed by atoms with Gasteiger partial charge in [0.25, 0.3) is 0 Å².